The molecule has 3 aromatic rings. The summed E-state index contributed by atoms with van der Waals surface area (Å²) < 4.78 is 12.2. The fraction of sp³-hybridized carbons (Fsp3) is 0.278. The average molecular weight is 297 g/mol. The smallest absolute Gasteiger partial charge is 0.422 e. The van der Waals surface area contributed by atoms with Crippen LogP contribution in [-0.2, 0) is 0 Å². The standard InChI is InChI=1S/C18H19NO3/c1-12(2)21-17-11-19(18(20)22-17)13(3)15-10-6-8-14-7-4-5-9-16(14)15/h4-13H,1-3H3/t13-/m1/s1. The molecule has 0 N–H and O–H groups in total. The monoisotopic (exact) mass is 297 g/mol. The second-order valence-electron chi connectivity index (χ2n) is 5.63. The Morgan fingerprint density at radius 3 is 2.55 bits per heavy atom. The molecule has 0 saturated carbocycles. The Hall–Kier alpha value is -2.49. The Balaban J connectivity index is 2.04. The predicted octanol–water partition coefficient (Wildman–Crippen LogP) is 3.99. The van der Waals surface area contributed by atoms with E-state index in [2.05, 4.69) is 18.2 Å². The highest BCUT2D eigenvalue weighted by Crippen LogP contribution is 2.27. The number of hydrogen-bond acceptors (Lipinski definition) is 3. The Morgan fingerprint density at radius 1 is 1.05 bits per heavy atom. The largest absolute Gasteiger partial charge is 0.461 e. The molecular formula is C18H19NO3. The van der Waals surface area contributed by atoms with Crippen LogP contribution in [0.2, 0.25) is 0 Å². The van der Waals surface area contributed by atoms with Gasteiger partial charge >= 0.3 is 11.7 Å². The molecule has 2 aromatic carbocycles. The molecule has 3 rings (SSSR count). The summed E-state index contributed by atoms with van der Waals surface area (Å²) in [5, 5.41) is 2.29. The fourth-order valence-electron chi connectivity index (χ4n) is 2.65. The summed E-state index contributed by atoms with van der Waals surface area (Å²) in [5.74, 6) is -0.150. The van der Waals surface area contributed by atoms with Gasteiger partial charge in [0, 0.05) is 0 Å². The van der Waals surface area contributed by atoms with Crippen LogP contribution in [0, 0.1) is 0 Å². The van der Waals surface area contributed by atoms with Crippen molar-refractivity contribution in [3.63, 3.8) is 0 Å². The minimum absolute atomic E-state index is 0.0353. The molecule has 0 spiro atoms. The molecule has 0 aliphatic heterocycles. The van der Waals surface area contributed by atoms with Gasteiger partial charge in [-0.2, -0.15) is 0 Å². The number of ether oxygens (including phenoxy) is 1. The van der Waals surface area contributed by atoms with E-state index in [0.717, 1.165) is 16.3 Å². The molecule has 1 heterocycles. The highest BCUT2D eigenvalue weighted by Gasteiger charge is 2.17. The Kier molecular flexibility index (Phi) is 3.75. The number of oxazole rings is 1. The summed E-state index contributed by atoms with van der Waals surface area (Å²) in [6, 6.07) is 14.1. The van der Waals surface area contributed by atoms with Crippen molar-refractivity contribution in [3.8, 4) is 5.95 Å². The SMILES string of the molecule is CC(C)Oc1cn([C@H](C)c2cccc3ccccc23)c(=O)o1. The van der Waals surface area contributed by atoms with Crippen LogP contribution in [0.5, 0.6) is 5.95 Å². The zero-order valence-corrected chi connectivity index (χ0v) is 12.9. The van der Waals surface area contributed by atoms with Gasteiger partial charge in [-0.3, -0.25) is 4.57 Å². The maximum absolute atomic E-state index is 12.1. The normalized spacial score (nSPS) is 12.7. The quantitative estimate of drug-likeness (QED) is 0.731. The molecule has 114 valence electrons. The summed E-state index contributed by atoms with van der Waals surface area (Å²) in [7, 11) is 0. The summed E-state index contributed by atoms with van der Waals surface area (Å²) in [6.07, 6.45) is 1.60. The molecule has 0 saturated heterocycles. The molecule has 0 fully saturated rings. The first-order valence-electron chi connectivity index (χ1n) is 7.42. The Morgan fingerprint density at radius 2 is 1.77 bits per heavy atom. The number of fused-ring (bicyclic) bond motifs is 1. The maximum atomic E-state index is 12.1. The number of nitrogens with zero attached hydrogens (tertiary/aromatic N) is 1. The van der Waals surface area contributed by atoms with Gasteiger partial charge in [-0.05, 0) is 37.1 Å². The molecule has 4 heteroatoms. The number of aromatic nitrogens is 1. The van der Waals surface area contributed by atoms with Gasteiger partial charge in [0.2, 0.25) is 0 Å². The van der Waals surface area contributed by atoms with E-state index in [1.807, 2.05) is 45.0 Å². The first kappa shape index (κ1) is 14.4. The molecule has 0 unspecified atom stereocenters. The third-order valence-corrected chi connectivity index (χ3v) is 3.69. The third kappa shape index (κ3) is 2.64. The maximum Gasteiger partial charge on any atom is 0.422 e. The van der Waals surface area contributed by atoms with Crippen LogP contribution in [0.25, 0.3) is 10.8 Å². The van der Waals surface area contributed by atoms with Crippen molar-refractivity contribution in [1.29, 1.82) is 0 Å². The molecule has 0 amide bonds. The summed E-state index contributed by atoms with van der Waals surface area (Å²) in [5.41, 5.74) is 1.08. The Bertz CT molecular complexity index is 839. The second-order valence-corrected chi connectivity index (χ2v) is 5.63. The second kappa shape index (κ2) is 5.72. The molecule has 1 aromatic heterocycles. The van der Waals surface area contributed by atoms with Crippen molar-refractivity contribution >= 4 is 10.8 Å². The van der Waals surface area contributed by atoms with Gasteiger partial charge in [0.15, 0.2) is 0 Å². The number of benzene rings is 2. The molecule has 0 bridgehead atoms. The van der Waals surface area contributed by atoms with Gasteiger partial charge in [0.25, 0.3) is 0 Å². The van der Waals surface area contributed by atoms with E-state index >= 15 is 0 Å². The van der Waals surface area contributed by atoms with E-state index in [-0.39, 0.29) is 18.1 Å². The molecule has 4 nitrogen and oxygen atoms in total. The van der Waals surface area contributed by atoms with Crippen LogP contribution in [0.15, 0.2) is 57.9 Å². The van der Waals surface area contributed by atoms with Crippen LogP contribution >= 0.6 is 0 Å². The van der Waals surface area contributed by atoms with Crippen molar-refractivity contribution in [1.82, 2.24) is 4.57 Å². The molecular weight excluding hydrogens is 278 g/mol. The molecule has 22 heavy (non-hydrogen) atoms. The van der Waals surface area contributed by atoms with Gasteiger partial charge in [0.1, 0.15) is 0 Å². The van der Waals surface area contributed by atoms with E-state index in [1.54, 1.807) is 10.8 Å². The lowest BCUT2D eigenvalue weighted by atomic mass is 10.00. The van der Waals surface area contributed by atoms with Crippen molar-refractivity contribution < 1.29 is 9.15 Å². The summed E-state index contributed by atoms with van der Waals surface area (Å²) in [4.78, 5) is 12.1. The first-order valence-corrected chi connectivity index (χ1v) is 7.42. The van der Waals surface area contributed by atoms with Crippen LogP contribution in [0.3, 0.4) is 0 Å². The van der Waals surface area contributed by atoms with Crippen LogP contribution < -0.4 is 10.5 Å². The average Bonchev–Trinajstić information content (AvgIpc) is 2.85. The lowest BCUT2D eigenvalue weighted by Crippen LogP contribution is -2.18. The topological polar surface area (TPSA) is 44.4 Å². The summed E-state index contributed by atoms with van der Waals surface area (Å²) >= 11 is 0. The van der Waals surface area contributed by atoms with E-state index in [4.69, 9.17) is 9.15 Å². The third-order valence-electron chi connectivity index (χ3n) is 3.69. The van der Waals surface area contributed by atoms with Gasteiger partial charge < -0.3 is 9.15 Å². The van der Waals surface area contributed by atoms with Crippen LogP contribution in [0.1, 0.15) is 32.4 Å². The lowest BCUT2D eigenvalue weighted by Gasteiger charge is -2.14. The van der Waals surface area contributed by atoms with Crippen molar-refractivity contribution in [2.24, 2.45) is 0 Å². The van der Waals surface area contributed by atoms with Gasteiger partial charge in [-0.1, -0.05) is 42.5 Å². The summed E-state index contributed by atoms with van der Waals surface area (Å²) in [6.45, 7) is 5.77. The van der Waals surface area contributed by atoms with E-state index in [9.17, 15) is 4.79 Å². The zero-order chi connectivity index (χ0) is 15.7. The highest BCUT2D eigenvalue weighted by atomic mass is 16.6. The molecule has 0 aliphatic rings. The Labute approximate surface area is 128 Å². The minimum Gasteiger partial charge on any atom is -0.461 e. The van der Waals surface area contributed by atoms with Crippen molar-refractivity contribution in [3.05, 3.63) is 64.8 Å². The van der Waals surface area contributed by atoms with Gasteiger partial charge in [-0.15, -0.1) is 0 Å². The van der Waals surface area contributed by atoms with E-state index in [0.29, 0.717) is 0 Å². The van der Waals surface area contributed by atoms with Gasteiger partial charge in [-0.25, -0.2) is 4.79 Å². The molecule has 1 atom stereocenters. The van der Waals surface area contributed by atoms with Crippen molar-refractivity contribution in [2.75, 3.05) is 0 Å². The van der Waals surface area contributed by atoms with Crippen LogP contribution in [0.4, 0.5) is 0 Å². The van der Waals surface area contributed by atoms with Crippen molar-refractivity contribution in [2.45, 2.75) is 32.9 Å². The van der Waals surface area contributed by atoms with E-state index in [1.165, 1.54) is 0 Å². The van der Waals surface area contributed by atoms with Crippen LogP contribution in [-0.4, -0.2) is 10.7 Å². The molecule has 0 aliphatic carbocycles. The first-order chi connectivity index (χ1) is 10.6. The fourth-order valence-corrected chi connectivity index (χ4v) is 2.65. The minimum atomic E-state index is -0.406. The highest BCUT2D eigenvalue weighted by molar-refractivity contribution is 5.86. The number of hydrogen-bond donors (Lipinski definition) is 0. The molecule has 0 radical (unpaired) electrons. The zero-order valence-electron chi connectivity index (χ0n) is 12.9. The van der Waals surface area contributed by atoms with E-state index < -0.39 is 5.76 Å². The predicted molar refractivity (Wildman–Crippen MR) is 86.5 cm³/mol. The lowest BCUT2D eigenvalue weighted by molar-refractivity contribution is 0.182. The van der Waals surface area contributed by atoms with Gasteiger partial charge in [0.05, 0.1) is 18.3 Å². The number of rotatable bonds is 4.